The van der Waals surface area contributed by atoms with Crippen LogP contribution in [0.25, 0.3) is 16.8 Å². The molecule has 0 radical (unpaired) electrons. The molecule has 0 spiro atoms. The lowest BCUT2D eigenvalue weighted by Crippen LogP contribution is -2.00. The number of rotatable bonds is 5. The van der Waals surface area contributed by atoms with E-state index in [0.717, 1.165) is 23.0 Å². The molecule has 0 unspecified atom stereocenters. The van der Waals surface area contributed by atoms with E-state index < -0.39 is 11.6 Å². The monoisotopic (exact) mass is 417 g/mol. The van der Waals surface area contributed by atoms with Crippen molar-refractivity contribution in [1.82, 2.24) is 29.4 Å². The van der Waals surface area contributed by atoms with Crippen LogP contribution in [-0.4, -0.2) is 29.4 Å². The molecule has 0 saturated carbocycles. The van der Waals surface area contributed by atoms with E-state index in [4.69, 9.17) is 0 Å². The van der Waals surface area contributed by atoms with E-state index in [0.29, 0.717) is 22.9 Å². The van der Waals surface area contributed by atoms with Gasteiger partial charge in [-0.25, -0.2) is 13.8 Å². The van der Waals surface area contributed by atoms with Crippen molar-refractivity contribution in [2.75, 3.05) is 5.32 Å². The lowest BCUT2D eigenvalue weighted by Gasteiger charge is -2.08. The molecule has 1 N–H and O–H groups in total. The van der Waals surface area contributed by atoms with Gasteiger partial charge in [0.05, 0.1) is 6.20 Å². The van der Waals surface area contributed by atoms with Crippen LogP contribution in [0, 0.1) is 11.6 Å². The van der Waals surface area contributed by atoms with Crippen LogP contribution < -0.4 is 5.32 Å². The van der Waals surface area contributed by atoms with Crippen LogP contribution >= 0.6 is 0 Å². The maximum absolute atomic E-state index is 13.5. The summed E-state index contributed by atoms with van der Waals surface area (Å²) in [5.41, 5.74) is 3.04. The predicted octanol–water partition coefficient (Wildman–Crippen LogP) is 4.14. The first kappa shape index (κ1) is 18.9. The van der Waals surface area contributed by atoms with Crippen molar-refractivity contribution in [3.8, 4) is 11.1 Å². The Morgan fingerprint density at radius 3 is 2.48 bits per heavy atom. The highest BCUT2D eigenvalue weighted by molar-refractivity contribution is 5.70. The van der Waals surface area contributed by atoms with Gasteiger partial charge < -0.3 is 5.32 Å². The molecule has 0 saturated heterocycles. The Kier molecular flexibility index (Phi) is 4.62. The number of fused-ring (bicyclic) bond motifs is 1. The Morgan fingerprint density at radius 1 is 0.903 bits per heavy atom. The summed E-state index contributed by atoms with van der Waals surface area (Å²) in [6.45, 7) is 0. The van der Waals surface area contributed by atoms with Gasteiger partial charge in [0.1, 0.15) is 29.1 Å². The van der Waals surface area contributed by atoms with Crippen LogP contribution in [0.1, 0.15) is 11.4 Å². The number of aryl methyl sites for hydroxylation is 1. The second-order valence-corrected chi connectivity index (χ2v) is 7.11. The molecule has 4 aromatic heterocycles. The van der Waals surface area contributed by atoms with Crippen molar-refractivity contribution >= 4 is 17.3 Å². The molecule has 0 aliphatic heterocycles. The fourth-order valence-electron chi connectivity index (χ4n) is 3.44. The summed E-state index contributed by atoms with van der Waals surface area (Å²) in [4.78, 5) is 4.36. The van der Waals surface area contributed by atoms with Crippen LogP contribution in [0.3, 0.4) is 0 Å². The summed E-state index contributed by atoms with van der Waals surface area (Å²) in [5.74, 6) is 0.894. The molecule has 1 aromatic carbocycles. The van der Waals surface area contributed by atoms with Crippen LogP contribution in [0.5, 0.6) is 0 Å². The highest BCUT2D eigenvalue weighted by Gasteiger charge is 2.10. The van der Waals surface area contributed by atoms with E-state index in [9.17, 15) is 8.78 Å². The zero-order chi connectivity index (χ0) is 21.4. The Labute approximate surface area is 176 Å². The molecule has 4 heterocycles. The van der Waals surface area contributed by atoms with Crippen molar-refractivity contribution < 1.29 is 8.78 Å². The summed E-state index contributed by atoms with van der Waals surface area (Å²) in [5, 5.41) is 15.8. The fourth-order valence-corrected chi connectivity index (χ4v) is 3.44. The molecule has 0 aliphatic carbocycles. The third-order valence-electron chi connectivity index (χ3n) is 4.94. The number of hydrogen-bond donors (Lipinski definition) is 1. The molecule has 9 heteroatoms. The van der Waals surface area contributed by atoms with E-state index in [2.05, 4.69) is 25.6 Å². The molecule has 0 amide bonds. The largest absolute Gasteiger partial charge is 0.325 e. The zero-order valence-electron chi connectivity index (χ0n) is 16.5. The molecule has 5 rings (SSSR count). The molecule has 154 valence electrons. The molecule has 0 bridgehead atoms. The molecule has 0 atom stereocenters. The third kappa shape index (κ3) is 3.85. The van der Waals surface area contributed by atoms with Crippen LogP contribution in [0.15, 0.2) is 67.1 Å². The van der Waals surface area contributed by atoms with Crippen molar-refractivity contribution in [2.45, 2.75) is 6.42 Å². The van der Waals surface area contributed by atoms with Gasteiger partial charge in [0.25, 0.3) is 0 Å². The smallest absolute Gasteiger partial charge is 0.161 e. The highest BCUT2D eigenvalue weighted by atomic mass is 19.1. The standard InChI is InChI=1S/C22H17F2N7/c1-30-20(3-6-26-30)27-19-11-15(2-5-25-19)16-4-7-31-21(28-29-22(31)12-16)10-14-8-17(23)13-18(24)9-14/h2-9,11-13H,10H2,1H3,(H,25,27). The summed E-state index contributed by atoms with van der Waals surface area (Å²) in [7, 11) is 1.85. The molecular weight excluding hydrogens is 400 g/mol. The lowest BCUT2D eigenvalue weighted by molar-refractivity contribution is 0.580. The third-order valence-corrected chi connectivity index (χ3v) is 4.94. The maximum Gasteiger partial charge on any atom is 0.161 e. The summed E-state index contributed by atoms with van der Waals surface area (Å²) < 4.78 is 30.5. The van der Waals surface area contributed by atoms with Gasteiger partial charge in [-0.3, -0.25) is 9.08 Å². The number of nitrogens with one attached hydrogen (secondary N) is 1. The van der Waals surface area contributed by atoms with Crippen molar-refractivity contribution in [1.29, 1.82) is 0 Å². The average molecular weight is 417 g/mol. The fraction of sp³-hybridized carbons (Fsp3) is 0.0909. The van der Waals surface area contributed by atoms with Crippen LogP contribution in [0.4, 0.5) is 20.4 Å². The Balaban J connectivity index is 1.43. The molecular formula is C22H17F2N7. The first-order valence-corrected chi connectivity index (χ1v) is 9.55. The van der Waals surface area contributed by atoms with Gasteiger partial charge in [0.2, 0.25) is 0 Å². The normalized spacial score (nSPS) is 11.2. The minimum Gasteiger partial charge on any atom is -0.325 e. The van der Waals surface area contributed by atoms with Crippen LogP contribution in [0.2, 0.25) is 0 Å². The number of benzene rings is 1. The molecule has 7 nitrogen and oxygen atoms in total. The molecule has 0 fully saturated rings. The molecule has 0 aliphatic rings. The van der Waals surface area contributed by atoms with Crippen molar-refractivity contribution in [3.63, 3.8) is 0 Å². The van der Waals surface area contributed by atoms with Gasteiger partial charge >= 0.3 is 0 Å². The van der Waals surface area contributed by atoms with Crippen LogP contribution in [-0.2, 0) is 13.5 Å². The number of pyridine rings is 2. The number of anilines is 2. The molecule has 31 heavy (non-hydrogen) atoms. The summed E-state index contributed by atoms with van der Waals surface area (Å²) >= 11 is 0. The first-order chi connectivity index (χ1) is 15.0. The topological polar surface area (TPSA) is 72.9 Å². The zero-order valence-corrected chi connectivity index (χ0v) is 16.5. The van der Waals surface area contributed by atoms with Gasteiger partial charge in [-0.15, -0.1) is 10.2 Å². The van der Waals surface area contributed by atoms with Crippen molar-refractivity contribution in [3.05, 3.63) is 90.1 Å². The lowest BCUT2D eigenvalue weighted by atomic mass is 10.1. The molecule has 5 aromatic rings. The van der Waals surface area contributed by atoms with Gasteiger partial charge in [0, 0.05) is 38.0 Å². The minimum absolute atomic E-state index is 0.267. The minimum atomic E-state index is -0.612. The first-order valence-electron chi connectivity index (χ1n) is 9.55. The SMILES string of the molecule is Cn1nccc1Nc1cc(-c2ccn3c(Cc4cc(F)cc(F)c4)nnc3c2)ccn1. The number of halogens is 2. The average Bonchev–Trinajstić information content (AvgIpc) is 3.33. The van der Waals surface area contributed by atoms with E-state index in [1.807, 2.05) is 48.0 Å². The van der Waals surface area contributed by atoms with Crippen molar-refractivity contribution in [2.24, 2.45) is 7.05 Å². The highest BCUT2D eigenvalue weighted by Crippen LogP contribution is 2.24. The number of aromatic nitrogens is 6. The van der Waals surface area contributed by atoms with E-state index in [1.165, 1.54) is 12.1 Å². The summed E-state index contributed by atoms with van der Waals surface area (Å²) in [6.07, 6.45) is 5.56. The van der Waals surface area contributed by atoms with E-state index >= 15 is 0 Å². The Hall–Kier alpha value is -4.14. The van der Waals surface area contributed by atoms with E-state index in [-0.39, 0.29) is 6.42 Å². The quantitative estimate of drug-likeness (QED) is 0.465. The second-order valence-electron chi connectivity index (χ2n) is 7.11. The maximum atomic E-state index is 13.5. The van der Waals surface area contributed by atoms with Gasteiger partial charge in [-0.2, -0.15) is 5.10 Å². The van der Waals surface area contributed by atoms with Gasteiger partial charge in [-0.1, -0.05) is 0 Å². The number of nitrogens with zero attached hydrogens (tertiary/aromatic N) is 6. The predicted molar refractivity (Wildman–Crippen MR) is 112 cm³/mol. The Morgan fingerprint density at radius 2 is 1.71 bits per heavy atom. The second kappa shape index (κ2) is 7.60. The number of hydrogen-bond acceptors (Lipinski definition) is 5. The van der Waals surface area contributed by atoms with Gasteiger partial charge in [-0.05, 0) is 53.1 Å². The van der Waals surface area contributed by atoms with Gasteiger partial charge in [0.15, 0.2) is 5.65 Å². The van der Waals surface area contributed by atoms with E-state index in [1.54, 1.807) is 17.1 Å². The summed E-state index contributed by atoms with van der Waals surface area (Å²) in [6, 6.07) is 13.0. The Bertz CT molecular complexity index is 1370.